The molecule has 0 radical (unpaired) electrons. The van der Waals surface area contributed by atoms with E-state index in [1.165, 1.54) is 7.11 Å². The number of halogens is 1. The molecule has 0 saturated carbocycles. The fourth-order valence-corrected chi connectivity index (χ4v) is 0.368. The summed E-state index contributed by atoms with van der Waals surface area (Å²) >= 11 is 0. The van der Waals surface area contributed by atoms with Gasteiger partial charge in [0.2, 0.25) is 0 Å². The number of carbonyl (C=O) groups is 1. The first-order chi connectivity index (χ1) is 4.18. The lowest BCUT2D eigenvalue weighted by Crippen LogP contribution is -2.31. The van der Waals surface area contributed by atoms with E-state index in [4.69, 9.17) is 10.8 Å². The number of carboxylic acids is 1. The van der Waals surface area contributed by atoms with Gasteiger partial charge in [0.05, 0.1) is 0 Å². The summed E-state index contributed by atoms with van der Waals surface area (Å²) in [5, 5.41) is 8.23. The van der Waals surface area contributed by atoms with Crippen LogP contribution in [0.3, 0.4) is 0 Å². The van der Waals surface area contributed by atoms with Crippen molar-refractivity contribution in [3.63, 3.8) is 0 Å². The highest BCUT2D eigenvalue weighted by Crippen LogP contribution is 1.86. The van der Waals surface area contributed by atoms with Crippen LogP contribution < -0.4 is 5.73 Å². The Balaban J connectivity index is 0. The Hall–Kier alpha value is -0.320. The number of hydrogen-bond acceptors (Lipinski definition) is 3. The SMILES string of the molecule is COCCC(N)C(=O)O.Cl. The van der Waals surface area contributed by atoms with E-state index in [0.29, 0.717) is 13.0 Å². The third-order valence-corrected chi connectivity index (χ3v) is 0.950. The summed E-state index contributed by atoms with van der Waals surface area (Å²) < 4.78 is 4.62. The maximum absolute atomic E-state index is 10.0. The quantitative estimate of drug-likeness (QED) is 0.614. The first-order valence-electron chi connectivity index (χ1n) is 2.65. The number of aliphatic carboxylic acids is 1. The standard InChI is InChI=1S/C5H11NO3.ClH/c1-9-3-2-4(6)5(7)8;/h4H,2-3,6H2,1H3,(H,7,8);1H. The van der Waals surface area contributed by atoms with Gasteiger partial charge >= 0.3 is 5.97 Å². The Bertz CT molecular complexity index is 98.9. The molecule has 0 saturated heterocycles. The monoisotopic (exact) mass is 169 g/mol. The van der Waals surface area contributed by atoms with Crippen molar-refractivity contribution >= 4 is 18.4 Å². The van der Waals surface area contributed by atoms with E-state index < -0.39 is 12.0 Å². The molecule has 0 aromatic heterocycles. The minimum absolute atomic E-state index is 0. The highest BCUT2D eigenvalue weighted by Gasteiger charge is 2.09. The molecule has 0 aliphatic heterocycles. The third-order valence-electron chi connectivity index (χ3n) is 0.950. The summed E-state index contributed by atoms with van der Waals surface area (Å²) in [5.41, 5.74) is 5.12. The Morgan fingerprint density at radius 1 is 1.80 bits per heavy atom. The van der Waals surface area contributed by atoms with E-state index in [1.54, 1.807) is 0 Å². The Morgan fingerprint density at radius 2 is 2.30 bits per heavy atom. The molecule has 5 heteroatoms. The lowest BCUT2D eigenvalue weighted by molar-refractivity contribution is -0.138. The van der Waals surface area contributed by atoms with Gasteiger partial charge in [-0.1, -0.05) is 0 Å². The van der Waals surface area contributed by atoms with Crippen LogP contribution in [-0.2, 0) is 9.53 Å². The molecule has 0 amide bonds. The van der Waals surface area contributed by atoms with Gasteiger partial charge in [0, 0.05) is 13.7 Å². The average Bonchev–Trinajstić information content (AvgIpc) is 1.82. The van der Waals surface area contributed by atoms with Crippen molar-refractivity contribution in [3.8, 4) is 0 Å². The fraction of sp³-hybridized carbons (Fsp3) is 0.800. The zero-order valence-electron chi connectivity index (χ0n) is 5.74. The van der Waals surface area contributed by atoms with Crippen LogP contribution in [0.2, 0.25) is 0 Å². The Morgan fingerprint density at radius 3 is 2.60 bits per heavy atom. The van der Waals surface area contributed by atoms with Gasteiger partial charge in [0.25, 0.3) is 0 Å². The molecule has 1 unspecified atom stereocenters. The highest BCUT2D eigenvalue weighted by atomic mass is 35.5. The van der Waals surface area contributed by atoms with Crippen LogP contribution in [0.4, 0.5) is 0 Å². The smallest absolute Gasteiger partial charge is 0.320 e. The highest BCUT2D eigenvalue weighted by molar-refractivity contribution is 5.85. The molecule has 0 aliphatic rings. The lowest BCUT2D eigenvalue weighted by Gasteiger charge is -2.02. The maximum atomic E-state index is 10.0. The van der Waals surface area contributed by atoms with Crippen LogP contribution in [0, 0.1) is 0 Å². The second-order valence-corrected chi connectivity index (χ2v) is 1.73. The molecule has 4 nitrogen and oxygen atoms in total. The minimum atomic E-state index is -0.980. The molecule has 0 aromatic rings. The molecule has 0 aliphatic carbocycles. The van der Waals surface area contributed by atoms with E-state index in [1.807, 2.05) is 0 Å². The molecule has 0 heterocycles. The second-order valence-electron chi connectivity index (χ2n) is 1.73. The van der Waals surface area contributed by atoms with E-state index in [0.717, 1.165) is 0 Å². The van der Waals surface area contributed by atoms with E-state index in [2.05, 4.69) is 4.74 Å². The first kappa shape index (κ1) is 12.4. The predicted molar refractivity (Wildman–Crippen MR) is 39.4 cm³/mol. The number of nitrogens with two attached hydrogens (primary N) is 1. The van der Waals surface area contributed by atoms with Crippen molar-refractivity contribution in [1.29, 1.82) is 0 Å². The van der Waals surface area contributed by atoms with Crippen molar-refractivity contribution in [3.05, 3.63) is 0 Å². The molecule has 0 bridgehead atoms. The number of ether oxygens (including phenoxy) is 1. The average molecular weight is 170 g/mol. The van der Waals surface area contributed by atoms with Crippen molar-refractivity contribution < 1.29 is 14.6 Å². The van der Waals surface area contributed by atoms with Crippen molar-refractivity contribution in [1.82, 2.24) is 0 Å². The summed E-state index contributed by atoms with van der Waals surface area (Å²) in [7, 11) is 1.51. The number of hydrogen-bond donors (Lipinski definition) is 2. The zero-order valence-corrected chi connectivity index (χ0v) is 6.56. The van der Waals surface area contributed by atoms with Crippen LogP contribution in [-0.4, -0.2) is 30.8 Å². The van der Waals surface area contributed by atoms with Crippen LogP contribution in [0.25, 0.3) is 0 Å². The fourth-order valence-electron chi connectivity index (χ4n) is 0.368. The third kappa shape index (κ3) is 5.81. The van der Waals surface area contributed by atoms with Crippen LogP contribution >= 0.6 is 12.4 Å². The molecule has 0 rings (SSSR count). The minimum Gasteiger partial charge on any atom is -0.480 e. The number of methoxy groups -OCH3 is 1. The van der Waals surface area contributed by atoms with Gasteiger partial charge in [-0.3, -0.25) is 4.79 Å². The van der Waals surface area contributed by atoms with Crippen molar-refractivity contribution in [2.24, 2.45) is 5.73 Å². The van der Waals surface area contributed by atoms with Gasteiger partial charge in [-0.15, -0.1) is 12.4 Å². The Kier molecular flexibility index (Phi) is 8.40. The summed E-state index contributed by atoms with van der Waals surface area (Å²) in [6.45, 7) is 0.396. The second kappa shape index (κ2) is 6.80. The van der Waals surface area contributed by atoms with Gasteiger partial charge in [-0.05, 0) is 6.42 Å². The zero-order chi connectivity index (χ0) is 7.28. The van der Waals surface area contributed by atoms with Crippen LogP contribution in [0.1, 0.15) is 6.42 Å². The molecule has 62 valence electrons. The van der Waals surface area contributed by atoms with E-state index >= 15 is 0 Å². The first-order valence-corrected chi connectivity index (χ1v) is 2.65. The van der Waals surface area contributed by atoms with Gasteiger partial charge in [-0.25, -0.2) is 0 Å². The van der Waals surface area contributed by atoms with Crippen molar-refractivity contribution in [2.45, 2.75) is 12.5 Å². The summed E-state index contributed by atoms with van der Waals surface area (Å²) in [5.74, 6) is -0.980. The van der Waals surface area contributed by atoms with Crippen LogP contribution in [0.5, 0.6) is 0 Å². The van der Waals surface area contributed by atoms with Crippen molar-refractivity contribution in [2.75, 3.05) is 13.7 Å². The summed E-state index contributed by atoms with van der Waals surface area (Å²) in [6.07, 6.45) is 0.367. The maximum Gasteiger partial charge on any atom is 0.320 e. The molecular formula is C5H12ClNO3. The predicted octanol–water partition coefficient (Wildman–Crippen LogP) is -0.143. The Labute approximate surface area is 65.8 Å². The topological polar surface area (TPSA) is 72.5 Å². The molecule has 3 N–H and O–H groups in total. The molecule has 10 heavy (non-hydrogen) atoms. The molecule has 1 atom stereocenters. The number of rotatable bonds is 4. The molecule has 0 spiro atoms. The lowest BCUT2D eigenvalue weighted by atomic mass is 10.2. The van der Waals surface area contributed by atoms with Crippen LogP contribution in [0.15, 0.2) is 0 Å². The summed E-state index contributed by atoms with van der Waals surface area (Å²) in [4.78, 5) is 10.0. The van der Waals surface area contributed by atoms with E-state index in [-0.39, 0.29) is 12.4 Å². The molecular weight excluding hydrogens is 158 g/mol. The van der Waals surface area contributed by atoms with Gasteiger partial charge in [0.1, 0.15) is 6.04 Å². The largest absolute Gasteiger partial charge is 0.480 e. The van der Waals surface area contributed by atoms with Gasteiger partial charge < -0.3 is 15.6 Å². The molecule has 0 fully saturated rings. The summed E-state index contributed by atoms with van der Waals surface area (Å²) in [6, 6.07) is -0.787. The molecule has 0 aromatic carbocycles. The van der Waals surface area contributed by atoms with E-state index in [9.17, 15) is 4.79 Å². The normalized spacial score (nSPS) is 11.8. The number of carboxylic acid groups (broad SMARTS) is 1. The van der Waals surface area contributed by atoms with Gasteiger partial charge in [0.15, 0.2) is 0 Å². The van der Waals surface area contributed by atoms with Gasteiger partial charge in [-0.2, -0.15) is 0 Å².